The Balaban J connectivity index is 2.55. The Morgan fingerprint density at radius 3 is 2.15 bits per heavy atom. The number of phenols is 2. The summed E-state index contributed by atoms with van der Waals surface area (Å²) in [6.07, 6.45) is 0. The van der Waals surface area contributed by atoms with Crippen LogP contribution in [0.25, 0.3) is 0 Å². The second-order valence-corrected chi connectivity index (χ2v) is 5.21. The number of hydrogen-bond acceptors (Lipinski definition) is 3. The van der Waals surface area contributed by atoms with Crippen molar-refractivity contribution in [3.8, 4) is 11.5 Å². The van der Waals surface area contributed by atoms with Crippen molar-refractivity contribution in [2.45, 2.75) is 19.3 Å². The number of carboxylic acid groups (broad SMARTS) is 1. The highest BCUT2D eigenvalue weighted by atomic mass is 16.4. The largest absolute Gasteiger partial charge is 0.508 e. The number of aromatic carboxylic acids is 1. The zero-order chi connectivity index (χ0) is 14.9. The third-order valence-electron chi connectivity index (χ3n) is 3.51. The molecule has 2 aromatic rings. The van der Waals surface area contributed by atoms with Gasteiger partial charge in [-0.05, 0) is 35.9 Å². The Kier molecular flexibility index (Phi) is 3.40. The second kappa shape index (κ2) is 4.89. The lowest BCUT2D eigenvalue weighted by molar-refractivity contribution is 0.0696. The molecular formula is C16H16O4. The van der Waals surface area contributed by atoms with Crippen LogP contribution in [-0.4, -0.2) is 21.3 Å². The summed E-state index contributed by atoms with van der Waals surface area (Å²) in [4.78, 5) is 11.1. The van der Waals surface area contributed by atoms with E-state index in [4.69, 9.17) is 5.11 Å². The summed E-state index contributed by atoms with van der Waals surface area (Å²) in [5, 5.41) is 28.4. The summed E-state index contributed by atoms with van der Waals surface area (Å²) in [7, 11) is 0. The molecule has 0 spiro atoms. The van der Waals surface area contributed by atoms with Gasteiger partial charge in [-0.3, -0.25) is 0 Å². The molecule has 4 nitrogen and oxygen atoms in total. The molecule has 0 aromatic heterocycles. The Morgan fingerprint density at radius 2 is 1.60 bits per heavy atom. The van der Waals surface area contributed by atoms with Gasteiger partial charge in [0.25, 0.3) is 0 Å². The lowest BCUT2D eigenvalue weighted by Gasteiger charge is -2.27. The summed E-state index contributed by atoms with van der Waals surface area (Å²) in [5.74, 6) is -0.825. The van der Waals surface area contributed by atoms with Crippen LogP contribution < -0.4 is 0 Å². The number of phenolic OH excluding ortho intramolecular Hbond substituents is 2. The van der Waals surface area contributed by atoms with Crippen molar-refractivity contribution in [3.63, 3.8) is 0 Å². The number of carbonyl (C=O) groups is 1. The SMILES string of the molecule is CC(C)(c1ccc(O)cc1)c1cc(C(=O)O)ccc1O. The van der Waals surface area contributed by atoms with Crippen LogP contribution in [0.3, 0.4) is 0 Å². The summed E-state index contributed by atoms with van der Waals surface area (Å²) >= 11 is 0. The molecule has 0 saturated carbocycles. The Morgan fingerprint density at radius 1 is 1.00 bits per heavy atom. The maximum absolute atomic E-state index is 11.1. The standard InChI is InChI=1S/C16H16O4/c1-16(2,11-4-6-12(17)7-5-11)13-9-10(15(19)20)3-8-14(13)18/h3-9,17-18H,1-2H3,(H,19,20). The molecule has 104 valence electrons. The molecule has 0 atom stereocenters. The maximum atomic E-state index is 11.1. The third kappa shape index (κ3) is 2.45. The number of rotatable bonds is 3. The summed E-state index contributed by atoms with van der Waals surface area (Å²) in [5.41, 5.74) is 0.948. The van der Waals surface area contributed by atoms with Crippen LogP contribution in [0.4, 0.5) is 0 Å². The van der Waals surface area contributed by atoms with E-state index in [-0.39, 0.29) is 17.1 Å². The van der Waals surface area contributed by atoms with Crippen molar-refractivity contribution in [3.05, 3.63) is 59.2 Å². The molecule has 0 bridgehead atoms. The van der Waals surface area contributed by atoms with Gasteiger partial charge in [-0.1, -0.05) is 26.0 Å². The van der Waals surface area contributed by atoms with Crippen LogP contribution in [0, 0.1) is 0 Å². The number of aromatic hydroxyl groups is 2. The smallest absolute Gasteiger partial charge is 0.335 e. The van der Waals surface area contributed by atoms with Gasteiger partial charge >= 0.3 is 5.97 Å². The molecule has 0 heterocycles. The minimum Gasteiger partial charge on any atom is -0.508 e. The monoisotopic (exact) mass is 272 g/mol. The number of benzene rings is 2. The topological polar surface area (TPSA) is 77.8 Å². The minimum absolute atomic E-state index is 0.0491. The first-order valence-corrected chi connectivity index (χ1v) is 6.18. The van der Waals surface area contributed by atoms with E-state index in [9.17, 15) is 15.0 Å². The van der Waals surface area contributed by atoms with Crippen LogP contribution in [0.5, 0.6) is 11.5 Å². The average Bonchev–Trinajstić information content (AvgIpc) is 2.39. The number of carboxylic acids is 1. The first-order chi connectivity index (χ1) is 9.32. The van der Waals surface area contributed by atoms with Crippen molar-refractivity contribution in [1.82, 2.24) is 0 Å². The number of hydrogen-bond donors (Lipinski definition) is 3. The van der Waals surface area contributed by atoms with E-state index in [0.717, 1.165) is 5.56 Å². The highest BCUT2D eigenvalue weighted by Crippen LogP contribution is 2.37. The van der Waals surface area contributed by atoms with Crippen LogP contribution in [0.15, 0.2) is 42.5 Å². The van der Waals surface area contributed by atoms with E-state index in [1.807, 2.05) is 13.8 Å². The van der Waals surface area contributed by atoms with Crippen molar-refractivity contribution in [2.24, 2.45) is 0 Å². The summed E-state index contributed by atoms with van der Waals surface area (Å²) in [6.45, 7) is 3.78. The van der Waals surface area contributed by atoms with Crippen LogP contribution in [0.2, 0.25) is 0 Å². The molecule has 0 unspecified atom stereocenters. The van der Waals surface area contributed by atoms with Crippen molar-refractivity contribution in [1.29, 1.82) is 0 Å². The van der Waals surface area contributed by atoms with E-state index >= 15 is 0 Å². The van der Waals surface area contributed by atoms with E-state index in [1.54, 1.807) is 24.3 Å². The Bertz CT molecular complexity index is 642. The average molecular weight is 272 g/mol. The van der Waals surface area contributed by atoms with E-state index in [1.165, 1.54) is 18.2 Å². The van der Waals surface area contributed by atoms with Gasteiger partial charge in [0.15, 0.2) is 0 Å². The molecule has 2 aromatic carbocycles. The van der Waals surface area contributed by atoms with E-state index in [2.05, 4.69) is 0 Å². The van der Waals surface area contributed by atoms with Gasteiger partial charge in [-0.2, -0.15) is 0 Å². The summed E-state index contributed by atoms with van der Waals surface area (Å²) in [6, 6.07) is 10.9. The molecule has 0 aliphatic rings. The molecule has 0 aliphatic heterocycles. The molecule has 0 aliphatic carbocycles. The van der Waals surface area contributed by atoms with Gasteiger partial charge in [0.1, 0.15) is 11.5 Å². The zero-order valence-electron chi connectivity index (χ0n) is 11.3. The first-order valence-electron chi connectivity index (χ1n) is 6.18. The van der Waals surface area contributed by atoms with Gasteiger partial charge in [-0.15, -0.1) is 0 Å². The fraction of sp³-hybridized carbons (Fsp3) is 0.188. The molecule has 0 fully saturated rings. The predicted octanol–water partition coefficient (Wildman–Crippen LogP) is 3.12. The van der Waals surface area contributed by atoms with Gasteiger partial charge in [0.05, 0.1) is 5.56 Å². The highest BCUT2D eigenvalue weighted by molar-refractivity contribution is 5.88. The molecule has 0 radical (unpaired) electrons. The second-order valence-electron chi connectivity index (χ2n) is 5.21. The van der Waals surface area contributed by atoms with Gasteiger partial charge in [-0.25, -0.2) is 4.79 Å². The Labute approximate surface area is 116 Å². The van der Waals surface area contributed by atoms with Crippen LogP contribution >= 0.6 is 0 Å². The molecule has 2 rings (SSSR count). The van der Waals surface area contributed by atoms with Gasteiger partial charge in [0, 0.05) is 11.0 Å². The third-order valence-corrected chi connectivity index (χ3v) is 3.51. The lowest BCUT2D eigenvalue weighted by atomic mass is 9.77. The normalized spacial score (nSPS) is 11.3. The zero-order valence-corrected chi connectivity index (χ0v) is 11.3. The lowest BCUT2D eigenvalue weighted by Crippen LogP contribution is -2.19. The van der Waals surface area contributed by atoms with Crippen molar-refractivity contribution >= 4 is 5.97 Å². The molecule has 3 N–H and O–H groups in total. The first kappa shape index (κ1) is 13.9. The quantitative estimate of drug-likeness (QED) is 0.802. The molecule has 4 heteroatoms. The van der Waals surface area contributed by atoms with Crippen LogP contribution in [0.1, 0.15) is 35.3 Å². The van der Waals surface area contributed by atoms with Gasteiger partial charge in [0.2, 0.25) is 0 Å². The Hall–Kier alpha value is -2.49. The molecular weight excluding hydrogens is 256 g/mol. The fourth-order valence-corrected chi connectivity index (χ4v) is 2.20. The van der Waals surface area contributed by atoms with Crippen molar-refractivity contribution < 1.29 is 20.1 Å². The fourth-order valence-electron chi connectivity index (χ4n) is 2.20. The highest BCUT2D eigenvalue weighted by Gasteiger charge is 2.27. The molecule has 0 saturated heterocycles. The van der Waals surface area contributed by atoms with E-state index < -0.39 is 11.4 Å². The van der Waals surface area contributed by atoms with Crippen molar-refractivity contribution in [2.75, 3.05) is 0 Å². The summed E-state index contributed by atoms with van der Waals surface area (Å²) < 4.78 is 0. The van der Waals surface area contributed by atoms with E-state index in [0.29, 0.717) is 5.56 Å². The maximum Gasteiger partial charge on any atom is 0.335 e. The van der Waals surface area contributed by atoms with Crippen LogP contribution in [-0.2, 0) is 5.41 Å². The molecule has 20 heavy (non-hydrogen) atoms. The molecule has 0 amide bonds. The predicted molar refractivity (Wildman–Crippen MR) is 75.3 cm³/mol. The van der Waals surface area contributed by atoms with Gasteiger partial charge < -0.3 is 15.3 Å². The minimum atomic E-state index is -1.03.